The summed E-state index contributed by atoms with van der Waals surface area (Å²) in [6.45, 7) is 5.04. The molecule has 0 N–H and O–H groups in total. The van der Waals surface area contributed by atoms with Crippen molar-refractivity contribution in [3.8, 4) is 0 Å². The van der Waals surface area contributed by atoms with Crippen LogP contribution in [0.25, 0.3) is 0 Å². The summed E-state index contributed by atoms with van der Waals surface area (Å²) in [5.74, 6) is 1.50. The Bertz CT molecular complexity index is 697. The third-order valence-electron chi connectivity index (χ3n) is 4.13. The van der Waals surface area contributed by atoms with Gasteiger partial charge in [-0.2, -0.15) is 11.8 Å². The number of aromatic nitrogens is 1. The molecule has 1 saturated heterocycles. The number of hydrogen-bond donors (Lipinski definition) is 0. The van der Waals surface area contributed by atoms with Crippen molar-refractivity contribution in [2.75, 3.05) is 18.8 Å². The Kier molecular flexibility index (Phi) is 4.97. The number of carbonyl (C=O) groups excluding carboxylic acids is 1. The molecular formula is C17H19ClN2O2S. The fourth-order valence-electron chi connectivity index (χ4n) is 2.90. The summed E-state index contributed by atoms with van der Waals surface area (Å²) in [5.41, 5.74) is 2.42. The van der Waals surface area contributed by atoms with Gasteiger partial charge in [-0.3, -0.25) is 4.79 Å². The number of halogens is 1. The quantitative estimate of drug-likeness (QED) is 0.811. The van der Waals surface area contributed by atoms with E-state index in [1.807, 2.05) is 41.8 Å². The van der Waals surface area contributed by atoms with Gasteiger partial charge in [0.15, 0.2) is 0 Å². The highest BCUT2D eigenvalue weighted by atomic mass is 35.5. The van der Waals surface area contributed by atoms with Crippen LogP contribution in [-0.2, 0) is 0 Å². The van der Waals surface area contributed by atoms with E-state index < -0.39 is 0 Å². The molecule has 1 amide bonds. The number of nitrogens with zero attached hydrogens (tertiary/aromatic N) is 2. The third-order valence-corrected chi connectivity index (χ3v) is 5.78. The van der Waals surface area contributed by atoms with Gasteiger partial charge in [0.1, 0.15) is 11.3 Å². The smallest absolute Gasteiger partial charge is 0.259 e. The Labute approximate surface area is 145 Å². The van der Waals surface area contributed by atoms with E-state index in [4.69, 9.17) is 16.1 Å². The molecule has 6 heteroatoms. The van der Waals surface area contributed by atoms with E-state index in [1.165, 1.54) is 0 Å². The van der Waals surface area contributed by atoms with Crippen molar-refractivity contribution in [2.24, 2.45) is 0 Å². The number of hydrogen-bond acceptors (Lipinski definition) is 4. The van der Waals surface area contributed by atoms with Crippen molar-refractivity contribution < 1.29 is 9.32 Å². The molecule has 1 aliphatic heterocycles. The molecule has 2 heterocycles. The molecule has 0 aliphatic carbocycles. The van der Waals surface area contributed by atoms with Gasteiger partial charge in [-0.1, -0.05) is 35.0 Å². The summed E-state index contributed by atoms with van der Waals surface area (Å²) >= 11 is 8.18. The van der Waals surface area contributed by atoms with Gasteiger partial charge in [-0.25, -0.2) is 0 Å². The summed E-state index contributed by atoms with van der Waals surface area (Å²) in [6, 6.07) is 7.96. The van der Waals surface area contributed by atoms with Crippen molar-refractivity contribution in [1.82, 2.24) is 10.1 Å². The Morgan fingerprint density at radius 3 is 2.83 bits per heavy atom. The van der Waals surface area contributed by atoms with Crippen LogP contribution in [0.2, 0.25) is 5.02 Å². The van der Waals surface area contributed by atoms with Gasteiger partial charge < -0.3 is 9.42 Å². The molecule has 1 aromatic carbocycles. The summed E-state index contributed by atoms with van der Waals surface area (Å²) in [5, 5.41) is 5.01. The maximum atomic E-state index is 12.8. The van der Waals surface area contributed by atoms with Crippen molar-refractivity contribution >= 4 is 29.3 Å². The lowest BCUT2D eigenvalue weighted by molar-refractivity contribution is 0.0764. The number of rotatable bonds is 2. The zero-order chi connectivity index (χ0) is 16.4. The number of thioether (sulfide) groups is 1. The lowest BCUT2D eigenvalue weighted by Crippen LogP contribution is -2.33. The highest BCUT2D eigenvalue weighted by molar-refractivity contribution is 7.99. The van der Waals surface area contributed by atoms with E-state index in [-0.39, 0.29) is 5.91 Å². The first kappa shape index (κ1) is 16.4. The van der Waals surface area contributed by atoms with Crippen molar-refractivity contribution in [1.29, 1.82) is 0 Å². The van der Waals surface area contributed by atoms with Crippen LogP contribution in [0.15, 0.2) is 28.8 Å². The summed E-state index contributed by atoms with van der Waals surface area (Å²) in [4.78, 5) is 14.7. The SMILES string of the molecule is Cc1noc(C)c1C(=O)N1CCSC(c2ccccc2Cl)CC1. The van der Waals surface area contributed by atoms with Gasteiger partial charge in [0.05, 0.1) is 5.69 Å². The second kappa shape index (κ2) is 6.97. The van der Waals surface area contributed by atoms with Gasteiger partial charge >= 0.3 is 0 Å². The van der Waals surface area contributed by atoms with Crippen LogP contribution in [0.3, 0.4) is 0 Å². The minimum absolute atomic E-state index is 0.0154. The number of benzene rings is 1. The number of amides is 1. The maximum absolute atomic E-state index is 12.8. The van der Waals surface area contributed by atoms with Crippen molar-refractivity contribution in [3.05, 3.63) is 51.9 Å². The molecule has 1 atom stereocenters. The summed E-state index contributed by atoms with van der Waals surface area (Å²) in [7, 11) is 0. The van der Waals surface area contributed by atoms with Crippen molar-refractivity contribution in [3.63, 3.8) is 0 Å². The highest BCUT2D eigenvalue weighted by Gasteiger charge is 2.27. The molecule has 0 bridgehead atoms. The average Bonchev–Trinajstić information content (AvgIpc) is 2.75. The monoisotopic (exact) mass is 350 g/mol. The van der Waals surface area contributed by atoms with Crippen LogP contribution < -0.4 is 0 Å². The molecule has 2 aromatic rings. The molecular weight excluding hydrogens is 332 g/mol. The molecule has 122 valence electrons. The van der Waals surface area contributed by atoms with Crippen LogP contribution in [-0.4, -0.2) is 34.8 Å². The molecule has 3 rings (SSSR count). The minimum atomic E-state index is 0.0154. The van der Waals surface area contributed by atoms with Crippen LogP contribution in [0.4, 0.5) is 0 Å². The van der Waals surface area contributed by atoms with E-state index >= 15 is 0 Å². The minimum Gasteiger partial charge on any atom is -0.361 e. The predicted octanol–water partition coefficient (Wildman–Crippen LogP) is 4.27. The molecule has 0 radical (unpaired) electrons. The normalized spacial score (nSPS) is 18.7. The molecule has 1 aliphatic rings. The average molecular weight is 351 g/mol. The van der Waals surface area contributed by atoms with Gasteiger partial charge in [0.2, 0.25) is 0 Å². The first-order valence-corrected chi connectivity index (χ1v) is 9.08. The number of aryl methyl sites for hydroxylation is 2. The third kappa shape index (κ3) is 3.40. The Balaban J connectivity index is 1.74. The lowest BCUT2D eigenvalue weighted by Gasteiger charge is -2.20. The predicted molar refractivity (Wildman–Crippen MR) is 93.1 cm³/mol. The van der Waals surface area contributed by atoms with E-state index in [9.17, 15) is 4.79 Å². The topological polar surface area (TPSA) is 46.3 Å². The summed E-state index contributed by atoms with van der Waals surface area (Å²) in [6.07, 6.45) is 0.892. The van der Waals surface area contributed by atoms with E-state index in [0.29, 0.717) is 28.8 Å². The first-order valence-electron chi connectivity index (χ1n) is 7.66. The molecule has 1 fully saturated rings. The fraction of sp³-hybridized carbons (Fsp3) is 0.412. The molecule has 1 aromatic heterocycles. The van der Waals surface area contributed by atoms with Gasteiger partial charge in [-0.15, -0.1) is 0 Å². The lowest BCUT2D eigenvalue weighted by atomic mass is 10.1. The standard InChI is InChI=1S/C17H19ClN2O2S/c1-11-16(12(2)22-19-11)17(21)20-8-7-15(23-10-9-20)13-5-3-4-6-14(13)18/h3-6,15H,7-10H2,1-2H3. The second-order valence-corrected chi connectivity index (χ2v) is 7.38. The Morgan fingerprint density at radius 2 is 2.13 bits per heavy atom. The van der Waals surface area contributed by atoms with Crippen LogP contribution in [0.1, 0.15) is 39.0 Å². The van der Waals surface area contributed by atoms with E-state index in [1.54, 1.807) is 6.92 Å². The van der Waals surface area contributed by atoms with Gasteiger partial charge in [-0.05, 0) is 31.9 Å². The molecule has 0 saturated carbocycles. The van der Waals surface area contributed by atoms with Crippen LogP contribution >= 0.6 is 23.4 Å². The van der Waals surface area contributed by atoms with E-state index in [0.717, 1.165) is 29.3 Å². The molecule has 0 spiro atoms. The van der Waals surface area contributed by atoms with E-state index in [2.05, 4.69) is 11.2 Å². The van der Waals surface area contributed by atoms with Crippen LogP contribution in [0, 0.1) is 13.8 Å². The largest absolute Gasteiger partial charge is 0.361 e. The molecule has 23 heavy (non-hydrogen) atoms. The highest BCUT2D eigenvalue weighted by Crippen LogP contribution is 2.38. The second-order valence-electron chi connectivity index (χ2n) is 5.66. The molecule has 1 unspecified atom stereocenters. The number of carbonyl (C=O) groups is 1. The van der Waals surface area contributed by atoms with Gasteiger partial charge in [0, 0.05) is 29.1 Å². The maximum Gasteiger partial charge on any atom is 0.259 e. The summed E-state index contributed by atoms with van der Waals surface area (Å²) < 4.78 is 5.12. The van der Waals surface area contributed by atoms with Crippen LogP contribution in [0.5, 0.6) is 0 Å². The Morgan fingerprint density at radius 1 is 1.35 bits per heavy atom. The fourth-order valence-corrected chi connectivity index (χ4v) is 4.50. The zero-order valence-corrected chi connectivity index (χ0v) is 14.8. The van der Waals surface area contributed by atoms with Gasteiger partial charge in [0.25, 0.3) is 5.91 Å². The van der Waals surface area contributed by atoms with Crippen molar-refractivity contribution in [2.45, 2.75) is 25.5 Å². The first-order chi connectivity index (χ1) is 11.1. The molecule has 4 nitrogen and oxygen atoms in total. The zero-order valence-electron chi connectivity index (χ0n) is 13.2. The Hall–Kier alpha value is -1.46.